The summed E-state index contributed by atoms with van der Waals surface area (Å²) in [4.78, 5) is 11.7. The molecule has 0 radical (unpaired) electrons. The van der Waals surface area contributed by atoms with Gasteiger partial charge in [0.05, 0.1) is 0 Å². The maximum atomic E-state index is 11.9. The van der Waals surface area contributed by atoms with Crippen LogP contribution in [0.5, 0.6) is 0 Å². The predicted octanol–water partition coefficient (Wildman–Crippen LogP) is 1.75. The van der Waals surface area contributed by atoms with E-state index in [0.29, 0.717) is 0 Å². The Morgan fingerprint density at radius 2 is 2.00 bits per heavy atom. The van der Waals surface area contributed by atoms with E-state index in [0.717, 1.165) is 31.7 Å². The van der Waals surface area contributed by atoms with Crippen molar-refractivity contribution < 1.29 is 17.6 Å². The maximum absolute atomic E-state index is 11.9. The summed E-state index contributed by atoms with van der Waals surface area (Å²) in [6, 6.07) is 1.26. The van der Waals surface area contributed by atoms with Gasteiger partial charge >= 0.3 is 0 Å². The van der Waals surface area contributed by atoms with Crippen LogP contribution >= 0.6 is 15.9 Å². The maximum Gasteiger partial charge on any atom is 0.287 e. The third-order valence-corrected chi connectivity index (χ3v) is 4.89. The zero-order chi connectivity index (χ0) is 14.0. The number of primary sulfonamides is 1. The Bertz CT molecular complexity index is 576. The Morgan fingerprint density at radius 3 is 2.53 bits per heavy atom. The van der Waals surface area contributed by atoms with Gasteiger partial charge in [-0.3, -0.25) is 4.79 Å². The number of amides is 1. The average Bonchev–Trinajstić information content (AvgIpc) is 2.72. The molecule has 1 aromatic rings. The van der Waals surface area contributed by atoms with Crippen LogP contribution in [0.3, 0.4) is 0 Å². The second-order valence-corrected chi connectivity index (χ2v) is 6.85. The lowest BCUT2D eigenvalue weighted by Gasteiger charge is -2.22. The molecule has 1 aliphatic carbocycles. The molecule has 1 amide bonds. The van der Waals surface area contributed by atoms with Crippen LogP contribution in [0.1, 0.15) is 42.7 Å². The van der Waals surface area contributed by atoms with Crippen molar-refractivity contribution in [3.63, 3.8) is 0 Å². The number of halogens is 1. The molecule has 8 heteroatoms. The second-order valence-electron chi connectivity index (χ2n) is 4.60. The zero-order valence-corrected chi connectivity index (χ0v) is 12.6. The van der Waals surface area contributed by atoms with E-state index in [-0.39, 0.29) is 21.4 Å². The summed E-state index contributed by atoms with van der Waals surface area (Å²) in [6.45, 7) is 0. The molecule has 3 N–H and O–H groups in total. The highest BCUT2D eigenvalue weighted by atomic mass is 79.9. The molecule has 0 unspecified atom stereocenters. The molecule has 6 nitrogen and oxygen atoms in total. The number of hydrogen-bond donors (Lipinski definition) is 2. The van der Waals surface area contributed by atoms with Gasteiger partial charge in [-0.2, -0.15) is 0 Å². The lowest BCUT2D eigenvalue weighted by molar-refractivity contribution is 0.0898. The quantitative estimate of drug-likeness (QED) is 0.866. The van der Waals surface area contributed by atoms with E-state index in [1.165, 1.54) is 6.42 Å². The molecular weight excluding hydrogens is 336 g/mol. The van der Waals surface area contributed by atoms with E-state index in [9.17, 15) is 13.2 Å². The molecule has 0 aromatic carbocycles. The summed E-state index contributed by atoms with van der Waals surface area (Å²) in [5.74, 6) is -0.469. The smallest absolute Gasteiger partial charge is 0.287 e. The van der Waals surface area contributed by atoms with E-state index < -0.39 is 15.9 Å². The number of hydrogen-bond acceptors (Lipinski definition) is 4. The van der Waals surface area contributed by atoms with Gasteiger partial charge in [-0.1, -0.05) is 19.3 Å². The van der Waals surface area contributed by atoms with Crippen LogP contribution < -0.4 is 10.5 Å². The van der Waals surface area contributed by atoms with Crippen molar-refractivity contribution in [1.29, 1.82) is 0 Å². The monoisotopic (exact) mass is 350 g/mol. The van der Waals surface area contributed by atoms with E-state index in [4.69, 9.17) is 9.56 Å². The average molecular weight is 351 g/mol. The summed E-state index contributed by atoms with van der Waals surface area (Å²) in [5, 5.41) is 7.84. The highest BCUT2D eigenvalue weighted by Gasteiger charge is 2.24. The second kappa shape index (κ2) is 5.64. The molecule has 1 fully saturated rings. The van der Waals surface area contributed by atoms with E-state index >= 15 is 0 Å². The fourth-order valence-electron chi connectivity index (χ4n) is 2.16. The van der Waals surface area contributed by atoms with Crippen LogP contribution in [-0.4, -0.2) is 20.4 Å². The largest absolute Gasteiger partial charge is 0.443 e. The fourth-order valence-corrected chi connectivity index (χ4v) is 3.66. The van der Waals surface area contributed by atoms with Gasteiger partial charge in [0.15, 0.2) is 10.4 Å². The van der Waals surface area contributed by atoms with Crippen LogP contribution in [-0.2, 0) is 10.0 Å². The van der Waals surface area contributed by atoms with Gasteiger partial charge in [-0.15, -0.1) is 0 Å². The first-order valence-corrected chi connectivity index (χ1v) is 8.35. The zero-order valence-electron chi connectivity index (χ0n) is 10.2. The van der Waals surface area contributed by atoms with E-state index in [1.807, 2.05) is 0 Å². The Morgan fingerprint density at radius 1 is 1.37 bits per heavy atom. The van der Waals surface area contributed by atoms with Crippen LogP contribution in [0, 0.1) is 0 Å². The summed E-state index contributed by atoms with van der Waals surface area (Å²) in [7, 11) is -3.90. The van der Waals surface area contributed by atoms with E-state index in [2.05, 4.69) is 21.2 Å². The number of rotatable bonds is 3. The minimum absolute atomic E-state index is 0.0520. The van der Waals surface area contributed by atoms with Crippen molar-refractivity contribution in [2.75, 3.05) is 0 Å². The van der Waals surface area contributed by atoms with Gasteiger partial charge < -0.3 is 9.73 Å². The van der Waals surface area contributed by atoms with Gasteiger partial charge in [0, 0.05) is 12.1 Å². The number of carbonyl (C=O) groups is 1. The third kappa shape index (κ3) is 3.58. The molecule has 0 aliphatic heterocycles. The third-order valence-electron chi connectivity index (χ3n) is 3.13. The van der Waals surface area contributed by atoms with Crippen molar-refractivity contribution in [2.45, 2.75) is 43.0 Å². The molecule has 0 bridgehead atoms. The topological polar surface area (TPSA) is 102 Å². The molecule has 19 heavy (non-hydrogen) atoms. The molecule has 0 atom stereocenters. The van der Waals surface area contributed by atoms with Crippen molar-refractivity contribution in [3.8, 4) is 0 Å². The van der Waals surface area contributed by atoms with Gasteiger partial charge in [-0.25, -0.2) is 13.6 Å². The molecule has 1 aromatic heterocycles. The number of carbonyl (C=O) groups excluding carboxylic acids is 1. The molecule has 0 saturated heterocycles. The normalized spacial score (nSPS) is 17.4. The summed E-state index contributed by atoms with van der Waals surface area (Å²) >= 11 is 2.94. The Hall–Kier alpha value is -0.860. The summed E-state index contributed by atoms with van der Waals surface area (Å²) in [6.07, 6.45) is 5.25. The molecule has 1 saturated carbocycles. The molecule has 0 spiro atoms. The van der Waals surface area contributed by atoms with Crippen molar-refractivity contribution >= 4 is 31.9 Å². The van der Waals surface area contributed by atoms with Gasteiger partial charge in [-0.05, 0) is 28.8 Å². The molecular formula is C11H15BrN2O4S. The molecule has 1 heterocycles. The Balaban J connectivity index is 2.11. The summed E-state index contributed by atoms with van der Waals surface area (Å²) in [5.41, 5.74) is 0. The van der Waals surface area contributed by atoms with Crippen molar-refractivity contribution in [1.82, 2.24) is 5.32 Å². The van der Waals surface area contributed by atoms with Crippen LogP contribution in [0.4, 0.5) is 0 Å². The van der Waals surface area contributed by atoms with Crippen molar-refractivity contribution in [3.05, 3.63) is 16.5 Å². The number of nitrogens with one attached hydrogen (secondary N) is 1. The van der Waals surface area contributed by atoms with Gasteiger partial charge in [0.1, 0.15) is 4.90 Å². The molecule has 106 valence electrons. The van der Waals surface area contributed by atoms with Gasteiger partial charge in [0.25, 0.3) is 5.91 Å². The Kier molecular flexibility index (Phi) is 4.32. The van der Waals surface area contributed by atoms with Crippen LogP contribution in [0.2, 0.25) is 0 Å². The number of sulfonamides is 1. The minimum Gasteiger partial charge on any atom is -0.443 e. The van der Waals surface area contributed by atoms with Gasteiger partial charge in [0.2, 0.25) is 10.0 Å². The number of nitrogens with two attached hydrogens (primary N) is 1. The number of furan rings is 1. The predicted molar refractivity (Wildman–Crippen MR) is 72.1 cm³/mol. The summed E-state index contributed by atoms with van der Waals surface area (Å²) < 4.78 is 27.5. The first kappa shape index (κ1) is 14.5. The first-order valence-electron chi connectivity index (χ1n) is 6.01. The van der Waals surface area contributed by atoms with Crippen molar-refractivity contribution in [2.24, 2.45) is 5.14 Å². The Labute approximate surface area is 119 Å². The molecule has 1 aliphatic rings. The molecule has 2 rings (SSSR count). The lowest BCUT2D eigenvalue weighted by Crippen LogP contribution is -2.35. The lowest BCUT2D eigenvalue weighted by atomic mass is 9.95. The van der Waals surface area contributed by atoms with Crippen LogP contribution in [0.15, 0.2) is 20.0 Å². The fraction of sp³-hybridized carbons (Fsp3) is 0.545. The highest BCUT2D eigenvalue weighted by molar-refractivity contribution is 9.10. The first-order chi connectivity index (χ1) is 8.88. The van der Waals surface area contributed by atoms with Crippen LogP contribution in [0.25, 0.3) is 0 Å². The minimum atomic E-state index is -3.90. The highest BCUT2D eigenvalue weighted by Crippen LogP contribution is 2.25. The standard InChI is InChI=1S/C11H15BrN2O4S/c12-10-9(19(13,16)17)6-8(18-10)11(15)14-7-4-2-1-3-5-7/h6-7H,1-5H2,(H,14,15)(H2,13,16,17). The van der Waals surface area contributed by atoms with E-state index in [1.54, 1.807) is 0 Å². The SMILES string of the molecule is NS(=O)(=O)c1cc(C(=O)NC2CCCCC2)oc1Br.